The summed E-state index contributed by atoms with van der Waals surface area (Å²) in [5.41, 5.74) is -0.185. The van der Waals surface area contributed by atoms with E-state index in [1.807, 2.05) is 49.5 Å². The van der Waals surface area contributed by atoms with Crippen molar-refractivity contribution in [3.05, 3.63) is 47.7 Å². The number of benzene rings is 1. The smallest absolute Gasteiger partial charge is 0.471 e. The molecule has 2 aliphatic rings. The first-order chi connectivity index (χ1) is 19.5. The Kier molecular flexibility index (Phi) is 8.06. The summed E-state index contributed by atoms with van der Waals surface area (Å²) in [6.07, 6.45) is -3.77. The summed E-state index contributed by atoms with van der Waals surface area (Å²) in [6, 6.07) is 7.64. The zero-order valence-corrected chi connectivity index (χ0v) is 24.3. The highest BCUT2D eigenvalue weighted by molar-refractivity contribution is 5.95. The van der Waals surface area contributed by atoms with E-state index in [1.165, 1.54) is 36.5 Å². The predicted octanol–water partition coefficient (Wildman–Crippen LogP) is 3.26. The molecule has 2 heterocycles. The highest BCUT2D eigenvalue weighted by Crippen LogP contribution is 2.65. The number of fused-ring (bicyclic) bond motifs is 1. The minimum Gasteiger partial charge on any atom is -0.473 e. The van der Waals surface area contributed by atoms with Gasteiger partial charge >= 0.3 is 12.1 Å². The number of carbonyl (C=O) groups excluding carboxylic acids is 3. The number of hydrogen-bond acceptors (Lipinski definition) is 6. The molecule has 1 aliphatic heterocycles. The Hall–Kier alpha value is -4.08. The predicted molar refractivity (Wildman–Crippen MR) is 144 cm³/mol. The highest BCUT2D eigenvalue weighted by atomic mass is 19.4. The van der Waals surface area contributed by atoms with Gasteiger partial charge in [-0.15, -0.1) is 0 Å². The zero-order chi connectivity index (χ0) is 31.2. The zero-order valence-electron chi connectivity index (χ0n) is 24.3. The van der Waals surface area contributed by atoms with Gasteiger partial charge in [0.1, 0.15) is 24.7 Å². The second kappa shape index (κ2) is 11.0. The number of hydrogen-bond donors (Lipinski definition) is 2. The van der Waals surface area contributed by atoms with Gasteiger partial charge in [-0.3, -0.25) is 14.4 Å². The Morgan fingerprint density at radius 3 is 2.38 bits per heavy atom. The van der Waals surface area contributed by atoms with E-state index in [1.54, 1.807) is 7.05 Å². The molecular formula is C29H35F3N6O4. The Morgan fingerprint density at radius 1 is 1.17 bits per heavy atom. The molecule has 0 spiro atoms. The van der Waals surface area contributed by atoms with Crippen molar-refractivity contribution in [3.63, 3.8) is 0 Å². The summed E-state index contributed by atoms with van der Waals surface area (Å²) >= 11 is 0. The van der Waals surface area contributed by atoms with E-state index in [0.29, 0.717) is 5.56 Å². The summed E-state index contributed by atoms with van der Waals surface area (Å²) in [6.45, 7) is 8.84. The number of aryl methyl sites for hydroxylation is 1. The highest BCUT2D eigenvalue weighted by Gasteiger charge is 2.70. The number of ether oxygens (including phenoxy) is 1. The molecular weight excluding hydrogens is 553 g/mol. The number of halogens is 3. The van der Waals surface area contributed by atoms with Crippen molar-refractivity contribution in [1.82, 2.24) is 25.3 Å². The van der Waals surface area contributed by atoms with Crippen LogP contribution < -0.4 is 15.4 Å². The summed E-state index contributed by atoms with van der Waals surface area (Å²) in [5, 5.41) is 18.7. The number of alkyl halides is 3. The number of likely N-dealkylation sites (tertiary alicyclic amines) is 1. The maximum atomic E-state index is 13.8. The minimum atomic E-state index is -5.18. The van der Waals surface area contributed by atoms with Gasteiger partial charge < -0.3 is 20.3 Å². The summed E-state index contributed by atoms with van der Waals surface area (Å²) < 4.78 is 46.7. The number of carbonyl (C=O) groups is 3. The molecule has 1 saturated heterocycles. The Labute approximate surface area is 242 Å². The molecule has 10 nitrogen and oxygen atoms in total. The average molecular weight is 589 g/mol. The topological polar surface area (TPSA) is 129 Å². The molecule has 3 amide bonds. The summed E-state index contributed by atoms with van der Waals surface area (Å²) in [7, 11) is 1.64. The van der Waals surface area contributed by atoms with Gasteiger partial charge in [0, 0.05) is 13.6 Å². The van der Waals surface area contributed by atoms with Gasteiger partial charge in [0.2, 0.25) is 17.7 Å². The van der Waals surface area contributed by atoms with Crippen molar-refractivity contribution < 1.29 is 32.3 Å². The lowest BCUT2D eigenvalue weighted by atomic mass is 9.85. The normalized spacial score (nSPS) is 22.4. The fourth-order valence-corrected chi connectivity index (χ4v) is 5.79. The van der Waals surface area contributed by atoms with Gasteiger partial charge in [-0.2, -0.15) is 23.5 Å². The Bertz CT molecular complexity index is 1390. The molecule has 2 fully saturated rings. The van der Waals surface area contributed by atoms with E-state index in [0.717, 1.165) is 5.56 Å². The Balaban J connectivity index is 1.57. The third-order valence-electron chi connectivity index (χ3n) is 8.26. The molecule has 1 unspecified atom stereocenters. The third-order valence-corrected chi connectivity index (χ3v) is 8.26. The van der Waals surface area contributed by atoms with E-state index in [9.17, 15) is 32.8 Å². The molecule has 5 atom stereocenters. The standard InChI is InChI=1S/C29H35F3N6O4/c1-27(2,3)22(36-26(41)29(30,31)32)24(40)38-14-18-20(28(18,4)5)21(38)23(39)35-19(12-33)17-13-34-37(6)25(17)42-15-16-10-8-7-9-11-16/h7-11,13,18-22H,14-15H2,1-6H3,(H,35,39)(H,36,41)/t18-,19?,20-,21-,22+/m0/s1. The van der Waals surface area contributed by atoms with Crippen molar-refractivity contribution in [2.45, 2.75) is 65.5 Å². The maximum absolute atomic E-state index is 13.8. The third kappa shape index (κ3) is 5.93. The lowest BCUT2D eigenvalue weighted by molar-refractivity contribution is -0.176. The summed E-state index contributed by atoms with van der Waals surface area (Å²) in [4.78, 5) is 40.6. The number of piperidine rings is 1. The van der Waals surface area contributed by atoms with Crippen LogP contribution in [0.4, 0.5) is 13.2 Å². The molecule has 0 bridgehead atoms. The van der Waals surface area contributed by atoms with Gasteiger partial charge in [-0.25, -0.2) is 4.68 Å². The minimum absolute atomic E-state index is 0.0696. The quantitative estimate of drug-likeness (QED) is 0.487. The van der Waals surface area contributed by atoms with Gasteiger partial charge in [-0.1, -0.05) is 65.0 Å². The monoisotopic (exact) mass is 588 g/mol. The molecule has 1 aromatic heterocycles. The second-order valence-corrected chi connectivity index (χ2v) is 12.5. The van der Waals surface area contributed by atoms with Crippen molar-refractivity contribution in [2.24, 2.45) is 29.7 Å². The molecule has 2 N–H and O–H groups in total. The largest absolute Gasteiger partial charge is 0.473 e. The number of amides is 3. The fourth-order valence-electron chi connectivity index (χ4n) is 5.79. The van der Waals surface area contributed by atoms with Gasteiger partial charge in [0.15, 0.2) is 0 Å². The van der Waals surface area contributed by atoms with Crippen LogP contribution in [0.25, 0.3) is 0 Å². The van der Waals surface area contributed by atoms with Crippen LogP contribution in [-0.2, 0) is 28.0 Å². The lowest BCUT2D eigenvalue weighted by Gasteiger charge is -2.37. The Morgan fingerprint density at radius 2 is 1.81 bits per heavy atom. The first-order valence-electron chi connectivity index (χ1n) is 13.5. The lowest BCUT2D eigenvalue weighted by Crippen LogP contribution is -2.60. The molecule has 2 aromatic rings. The van der Waals surface area contributed by atoms with Crippen LogP contribution in [0.15, 0.2) is 36.5 Å². The molecule has 1 aromatic carbocycles. The first-order valence-corrected chi connectivity index (χ1v) is 13.5. The molecule has 1 aliphatic carbocycles. The molecule has 0 radical (unpaired) electrons. The van der Waals surface area contributed by atoms with E-state index < -0.39 is 47.4 Å². The number of nitriles is 1. The van der Waals surface area contributed by atoms with Crippen LogP contribution in [0.1, 0.15) is 51.8 Å². The average Bonchev–Trinajstić information content (AvgIpc) is 3.23. The fraction of sp³-hybridized carbons (Fsp3) is 0.552. The number of rotatable bonds is 8. The maximum Gasteiger partial charge on any atom is 0.471 e. The van der Waals surface area contributed by atoms with Crippen LogP contribution >= 0.6 is 0 Å². The van der Waals surface area contributed by atoms with E-state index in [-0.39, 0.29) is 36.3 Å². The van der Waals surface area contributed by atoms with Crippen LogP contribution in [0, 0.1) is 34.0 Å². The van der Waals surface area contributed by atoms with Gasteiger partial charge in [-0.05, 0) is 28.2 Å². The summed E-state index contributed by atoms with van der Waals surface area (Å²) in [5.74, 6) is -3.71. The van der Waals surface area contributed by atoms with Crippen LogP contribution in [0.3, 0.4) is 0 Å². The number of nitrogens with one attached hydrogen (secondary N) is 2. The molecule has 226 valence electrons. The van der Waals surface area contributed by atoms with Crippen molar-refractivity contribution in [1.29, 1.82) is 5.26 Å². The number of aromatic nitrogens is 2. The first kappa shape index (κ1) is 30.9. The van der Waals surface area contributed by atoms with Gasteiger partial charge in [0.05, 0.1) is 17.8 Å². The molecule has 1 saturated carbocycles. The SMILES string of the molecule is Cn1ncc(C(C#N)NC(=O)[C@@H]2[C@@H]3[C@H](CN2C(=O)[C@@H](NC(=O)C(F)(F)F)C(C)(C)C)C3(C)C)c1OCc1ccccc1. The number of nitrogens with zero attached hydrogens (tertiary/aromatic N) is 4. The van der Waals surface area contributed by atoms with Crippen LogP contribution in [0.5, 0.6) is 5.88 Å². The molecule has 13 heteroatoms. The van der Waals surface area contributed by atoms with Crippen LogP contribution in [-0.4, -0.2) is 57.2 Å². The second-order valence-electron chi connectivity index (χ2n) is 12.5. The van der Waals surface area contributed by atoms with E-state index >= 15 is 0 Å². The van der Waals surface area contributed by atoms with Gasteiger partial charge in [0.25, 0.3) is 0 Å². The molecule has 4 rings (SSSR count). The van der Waals surface area contributed by atoms with Crippen molar-refractivity contribution >= 4 is 17.7 Å². The van der Waals surface area contributed by atoms with Crippen molar-refractivity contribution in [3.8, 4) is 11.9 Å². The molecule has 42 heavy (non-hydrogen) atoms. The van der Waals surface area contributed by atoms with E-state index in [2.05, 4.69) is 16.5 Å². The van der Waals surface area contributed by atoms with Crippen LogP contribution in [0.2, 0.25) is 0 Å². The van der Waals surface area contributed by atoms with Crippen molar-refractivity contribution in [2.75, 3.05) is 6.54 Å². The van der Waals surface area contributed by atoms with E-state index in [4.69, 9.17) is 4.74 Å².